The van der Waals surface area contributed by atoms with E-state index in [0.29, 0.717) is 17.7 Å². The minimum Gasteiger partial charge on any atom is -0.493 e. The van der Waals surface area contributed by atoms with E-state index in [-0.39, 0.29) is 6.61 Å². The van der Waals surface area contributed by atoms with Crippen LogP contribution in [0.4, 0.5) is 0 Å². The Morgan fingerprint density at radius 1 is 1.30 bits per heavy atom. The van der Waals surface area contributed by atoms with Gasteiger partial charge in [-0.25, -0.2) is 0 Å². The zero-order chi connectivity index (χ0) is 14.5. The predicted molar refractivity (Wildman–Crippen MR) is 82.3 cm³/mol. The number of hydrogen-bond donors (Lipinski definition) is 2. The third-order valence-corrected chi connectivity index (χ3v) is 4.54. The van der Waals surface area contributed by atoms with E-state index in [1.54, 1.807) is 14.2 Å². The summed E-state index contributed by atoms with van der Waals surface area (Å²) in [6, 6.07) is 4.43. The highest BCUT2D eigenvalue weighted by Gasteiger charge is 2.26. The van der Waals surface area contributed by atoms with E-state index in [2.05, 4.69) is 21.2 Å². The van der Waals surface area contributed by atoms with Gasteiger partial charge in [0.2, 0.25) is 0 Å². The number of halogens is 1. The van der Waals surface area contributed by atoms with Gasteiger partial charge in [0.1, 0.15) is 0 Å². The van der Waals surface area contributed by atoms with Crippen LogP contribution in [0.5, 0.6) is 11.5 Å². The van der Waals surface area contributed by atoms with Gasteiger partial charge in [0.15, 0.2) is 11.5 Å². The fourth-order valence-electron chi connectivity index (χ4n) is 2.85. The average molecular weight is 344 g/mol. The van der Waals surface area contributed by atoms with Gasteiger partial charge in [-0.05, 0) is 52.4 Å². The highest BCUT2D eigenvalue weighted by atomic mass is 79.9. The van der Waals surface area contributed by atoms with E-state index < -0.39 is 0 Å². The number of aliphatic hydroxyl groups excluding tert-OH is 1. The van der Waals surface area contributed by atoms with Gasteiger partial charge in [-0.1, -0.05) is 6.42 Å². The van der Waals surface area contributed by atoms with E-state index >= 15 is 0 Å². The van der Waals surface area contributed by atoms with E-state index in [1.165, 1.54) is 6.42 Å². The fraction of sp³-hybridized carbons (Fsp3) is 0.600. The van der Waals surface area contributed by atoms with E-state index in [0.717, 1.165) is 35.2 Å². The van der Waals surface area contributed by atoms with Crippen LogP contribution in [0.2, 0.25) is 0 Å². The Kier molecular flexibility index (Phi) is 5.69. The molecule has 0 radical (unpaired) electrons. The molecule has 0 amide bonds. The molecule has 0 aromatic heterocycles. The second kappa shape index (κ2) is 7.29. The van der Waals surface area contributed by atoms with Crippen LogP contribution >= 0.6 is 15.9 Å². The number of benzene rings is 1. The summed E-state index contributed by atoms with van der Waals surface area (Å²) < 4.78 is 11.5. The summed E-state index contributed by atoms with van der Waals surface area (Å²) in [7, 11) is 3.27. The highest BCUT2D eigenvalue weighted by Crippen LogP contribution is 2.36. The topological polar surface area (TPSA) is 50.7 Å². The molecule has 2 N–H and O–H groups in total. The van der Waals surface area contributed by atoms with E-state index in [1.807, 2.05) is 12.1 Å². The number of ether oxygens (including phenoxy) is 2. The smallest absolute Gasteiger partial charge is 0.174 e. The molecule has 2 unspecified atom stereocenters. The number of hydrogen-bond acceptors (Lipinski definition) is 4. The van der Waals surface area contributed by atoms with Crippen molar-refractivity contribution in [1.29, 1.82) is 0 Å². The van der Waals surface area contributed by atoms with Gasteiger partial charge in [-0.2, -0.15) is 0 Å². The maximum atomic E-state index is 9.34. The third-order valence-electron chi connectivity index (χ3n) is 3.96. The number of rotatable bonds is 6. The maximum Gasteiger partial charge on any atom is 0.174 e. The summed E-state index contributed by atoms with van der Waals surface area (Å²) in [5.41, 5.74) is 1.14. The largest absolute Gasteiger partial charge is 0.493 e. The van der Waals surface area contributed by atoms with Crippen LogP contribution in [-0.4, -0.2) is 32.0 Å². The Morgan fingerprint density at radius 3 is 2.75 bits per heavy atom. The first-order valence-corrected chi connectivity index (χ1v) is 7.73. The molecule has 2 rings (SSSR count). The first-order chi connectivity index (χ1) is 9.69. The third kappa shape index (κ3) is 3.45. The molecule has 1 saturated carbocycles. The predicted octanol–water partition coefficient (Wildman–Crippen LogP) is 2.72. The quantitative estimate of drug-likeness (QED) is 0.833. The standard InChI is InChI=1S/C15H22BrNO3/c1-19-14-7-10(6-12(16)15(14)20-2)8-17-13-5-3-4-11(13)9-18/h6-7,11,13,17-18H,3-5,8-9H2,1-2H3. The van der Waals surface area contributed by atoms with Crippen LogP contribution in [-0.2, 0) is 6.54 Å². The summed E-state index contributed by atoms with van der Waals surface area (Å²) in [4.78, 5) is 0. The van der Waals surface area contributed by atoms with Gasteiger partial charge in [0, 0.05) is 19.2 Å². The molecule has 1 aliphatic carbocycles. The summed E-state index contributed by atoms with van der Waals surface area (Å²) in [5.74, 6) is 1.83. The maximum absolute atomic E-state index is 9.34. The van der Waals surface area contributed by atoms with Crippen molar-refractivity contribution in [2.75, 3.05) is 20.8 Å². The minimum atomic E-state index is 0.271. The van der Waals surface area contributed by atoms with Crippen LogP contribution < -0.4 is 14.8 Å². The number of aliphatic hydroxyl groups is 1. The first kappa shape index (κ1) is 15.6. The van der Waals surface area contributed by atoms with Crippen molar-refractivity contribution >= 4 is 15.9 Å². The molecule has 112 valence electrons. The van der Waals surface area contributed by atoms with Gasteiger partial charge in [0.25, 0.3) is 0 Å². The van der Waals surface area contributed by atoms with Crippen molar-refractivity contribution in [1.82, 2.24) is 5.32 Å². The first-order valence-electron chi connectivity index (χ1n) is 6.94. The van der Waals surface area contributed by atoms with Crippen molar-refractivity contribution in [3.8, 4) is 11.5 Å². The van der Waals surface area contributed by atoms with Gasteiger partial charge in [-0.15, -0.1) is 0 Å². The summed E-state index contributed by atoms with van der Waals surface area (Å²) in [6.07, 6.45) is 3.45. The monoisotopic (exact) mass is 343 g/mol. The Balaban J connectivity index is 2.04. The molecular formula is C15H22BrNO3. The van der Waals surface area contributed by atoms with Crippen molar-refractivity contribution in [3.05, 3.63) is 22.2 Å². The number of nitrogens with one attached hydrogen (secondary N) is 1. The molecule has 1 aromatic rings. The van der Waals surface area contributed by atoms with Gasteiger partial charge >= 0.3 is 0 Å². The average Bonchev–Trinajstić information content (AvgIpc) is 2.91. The molecule has 0 heterocycles. The zero-order valence-corrected chi connectivity index (χ0v) is 13.6. The lowest BCUT2D eigenvalue weighted by Gasteiger charge is -2.19. The summed E-state index contributed by atoms with van der Waals surface area (Å²) >= 11 is 3.51. The van der Waals surface area contributed by atoms with Crippen molar-refractivity contribution in [2.45, 2.75) is 31.8 Å². The van der Waals surface area contributed by atoms with Gasteiger partial charge in [0.05, 0.1) is 18.7 Å². The molecule has 0 spiro atoms. The Morgan fingerprint density at radius 2 is 2.10 bits per heavy atom. The van der Waals surface area contributed by atoms with Gasteiger partial charge in [-0.3, -0.25) is 0 Å². The number of methoxy groups -OCH3 is 2. The lowest BCUT2D eigenvalue weighted by molar-refractivity contribution is 0.205. The molecule has 20 heavy (non-hydrogen) atoms. The van der Waals surface area contributed by atoms with Crippen LogP contribution in [0, 0.1) is 5.92 Å². The molecule has 1 aromatic carbocycles. The normalized spacial score (nSPS) is 22.0. The Bertz CT molecular complexity index is 453. The highest BCUT2D eigenvalue weighted by molar-refractivity contribution is 9.10. The fourth-order valence-corrected chi connectivity index (χ4v) is 3.50. The van der Waals surface area contributed by atoms with Crippen LogP contribution in [0.3, 0.4) is 0 Å². The Hall–Kier alpha value is -0.780. The van der Waals surface area contributed by atoms with Gasteiger partial charge < -0.3 is 19.9 Å². The van der Waals surface area contributed by atoms with Crippen molar-refractivity contribution < 1.29 is 14.6 Å². The van der Waals surface area contributed by atoms with E-state index in [4.69, 9.17) is 9.47 Å². The molecule has 0 saturated heterocycles. The molecule has 0 aliphatic heterocycles. The van der Waals surface area contributed by atoms with Crippen LogP contribution in [0.1, 0.15) is 24.8 Å². The lowest BCUT2D eigenvalue weighted by atomic mass is 10.0. The minimum absolute atomic E-state index is 0.271. The second-order valence-corrected chi connectivity index (χ2v) is 6.03. The van der Waals surface area contributed by atoms with Crippen molar-refractivity contribution in [3.63, 3.8) is 0 Å². The zero-order valence-electron chi connectivity index (χ0n) is 12.0. The molecule has 1 aliphatic rings. The van der Waals surface area contributed by atoms with Crippen LogP contribution in [0.15, 0.2) is 16.6 Å². The molecule has 5 heteroatoms. The molecule has 4 nitrogen and oxygen atoms in total. The molecule has 1 fully saturated rings. The summed E-state index contributed by atoms with van der Waals surface area (Å²) in [5, 5.41) is 12.9. The lowest BCUT2D eigenvalue weighted by Crippen LogP contribution is -2.33. The SMILES string of the molecule is COc1cc(CNC2CCCC2CO)cc(Br)c1OC. The van der Waals surface area contributed by atoms with Crippen molar-refractivity contribution in [2.24, 2.45) is 5.92 Å². The second-order valence-electron chi connectivity index (χ2n) is 5.17. The molecule has 2 atom stereocenters. The molecular weight excluding hydrogens is 322 g/mol. The summed E-state index contributed by atoms with van der Waals surface area (Å²) in [6.45, 7) is 1.04. The molecule has 0 bridgehead atoms. The van der Waals surface area contributed by atoms with E-state index in [9.17, 15) is 5.11 Å². The Labute approximate surface area is 128 Å². The van der Waals surface area contributed by atoms with Crippen LogP contribution in [0.25, 0.3) is 0 Å².